The molecule has 1 aliphatic heterocycles. The molecule has 0 amide bonds. The van der Waals surface area contributed by atoms with E-state index in [-0.39, 0.29) is 5.96 Å². The smallest absolute Gasteiger partial charge is 0.203 e. The van der Waals surface area contributed by atoms with Crippen molar-refractivity contribution >= 4 is 48.8 Å². The average molecular weight is 336 g/mol. The number of hydrogen-bond donors (Lipinski definition) is 1. The number of rotatable bonds is 1. The van der Waals surface area contributed by atoms with Crippen LogP contribution in [0.25, 0.3) is 0 Å². The van der Waals surface area contributed by atoms with Crippen molar-refractivity contribution in [3.8, 4) is 0 Å². The van der Waals surface area contributed by atoms with Gasteiger partial charge < -0.3 is 5.73 Å². The van der Waals surface area contributed by atoms with Crippen LogP contribution >= 0.6 is 27.3 Å². The highest BCUT2D eigenvalue weighted by molar-refractivity contribution is 9.11. The van der Waals surface area contributed by atoms with Crippen LogP contribution in [0.1, 0.15) is 12.5 Å². The lowest BCUT2D eigenvalue weighted by molar-refractivity contribution is 0.515. The number of thiophene rings is 1. The zero-order valence-electron chi connectivity index (χ0n) is 9.64. The van der Waals surface area contributed by atoms with Crippen LogP contribution in [0.2, 0.25) is 0 Å². The van der Waals surface area contributed by atoms with Crippen molar-refractivity contribution in [2.24, 2.45) is 10.7 Å². The summed E-state index contributed by atoms with van der Waals surface area (Å²) in [5.41, 5.74) is 6.28. The molecule has 1 aliphatic rings. The molecule has 0 radical (unpaired) electrons. The second-order valence-corrected chi connectivity index (χ2v) is 8.97. The van der Waals surface area contributed by atoms with Crippen LogP contribution in [-0.4, -0.2) is 33.1 Å². The zero-order chi connectivity index (χ0) is 12.8. The van der Waals surface area contributed by atoms with E-state index in [2.05, 4.69) is 26.8 Å². The highest BCUT2D eigenvalue weighted by Crippen LogP contribution is 2.35. The number of guanidine groups is 1. The first-order valence-corrected chi connectivity index (χ1v) is 8.46. The van der Waals surface area contributed by atoms with E-state index in [0.29, 0.717) is 5.75 Å². The number of nitrogens with zero attached hydrogens (tertiary/aromatic N) is 2. The Morgan fingerprint density at radius 1 is 1.76 bits per heavy atom. The third-order valence-corrected chi connectivity index (χ3v) is 6.58. The second kappa shape index (κ2) is 4.00. The lowest BCUT2D eigenvalue weighted by Crippen LogP contribution is -2.50. The summed E-state index contributed by atoms with van der Waals surface area (Å²) in [7, 11) is -0.726. The van der Waals surface area contributed by atoms with Gasteiger partial charge in [-0.1, -0.05) is 0 Å². The third kappa shape index (κ3) is 2.23. The van der Waals surface area contributed by atoms with Gasteiger partial charge in [0.25, 0.3) is 0 Å². The van der Waals surface area contributed by atoms with Crippen molar-refractivity contribution in [2.45, 2.75) is 12.5 Å². The standard InChI is InChI=1S/C10H14BrN3OS2/c1-10(7-4-8(11)16-5-7)6-17(3,15)14(2)9(12)13-10/h4-5H,3,6H2,1-2H3,(H2,12,13)/t10-,17?/m0/s1. The first-order chi connectivity index (χ1) is 7.74. The van der Waals surface area contributed by atoms with Gasteiger partial charge >= 0.3 is 0 Å². The van der Waals surface area contributed by atoms with Gasteiger partial charge in [-0.05, 0) is 45.7 Å². The van der Waals surface area contributed by atoms with Crippen molar-refractivity contribution in [3.05, 3.63) is 20.8 Å². The van der Waals surface area contributed by atoms with Gasteiger partial charge in [0.1, 0.15) is 5.54 Å². The summed E-state index contributed by atoms with van der Waals surface area (Å²) in [6.07, 6.45) is 0. The van der Waals surface area contributed by atoms with Gasteiger partial charge in [-0.25, -0.2) is 9.20 Å². The van der Waals surface area contributed by atoms with Gasteiger partial charge in [0.2, 0.25) is 5.96 Å². The van der Waals surface area contributed by atoms with Gasteiger partial charge in [-0.3, -0.25) is 4.31 Å². The first-order valence-electron chi connectivity index (χ1n) is 4.93. The molecule has 0 aliphatic carbocycles. The molecule has 94 valence electrons. The summed E-state index contributed by atoms with van der Waals surface area (Å²) in [4.78, 5) is 4.46. The largest absolute Gasteiger partial charge is 0.369 e. The number of nitrogens with two attached hydrogens (primary N) is 1. The average Bonchev–Trinajstić information content (AvgIpc) is 2.61. The molecule has 4 nitrogen and oxygen atoms in total. The summed E-state index contributed by atoms with van der Waals surface area (Å²) in [5.74, 6) is 4.43. The summed E-state index contributed by atoms with van der Waals surface area (Å²) in [6.45, 7) is 1.94. The minimum Gasteiger partial charge on any atom is -0.369 e. The van der Waals surface area contributed by atoms with Gasteiger partial charge in [0, 0.05) is 7.05 Å². The molecule has 7 heteroatoms. The second-order valence-electron chi connectivity index (χ2n) is 4.30. The van der Waals surface area contributed by atoms with E-state index < -0.39 is 15.2 Å². The van der Waals surface area contributed by atoms with Crippen molar-refractivity contribution in [1.82, 2.24) is 4.31 Å². The maximum absolute atomic E-state index is 12.4. The Balaban J connectivity index is 2.53. The molecule has 0 saturated carbocycles. The van der Waals surface area contributed by atoms with Gasteiger partial charge in [-0.15, -0.1) is 11.3 Å². The molecule has 0 bridgehead atoms. The van der Waals surface area contributed by atoms with Crippen LogP contribution in [0.15, 0.2) is 20.2 Å². The number of aliphatic imine (C=N–C) groups is 1. The minimum absolute atomic E-state index is 0.279. The molecule has 0 spiro atoms. The third-order valence-electron chi connectivity index (χ3n) is 2.88. The van der Waals surface area contributed by atoms with E-state index in [1.54, 1.807) is 18.4 Å². The number of halogens is 1. The molecule has 0 aromatic carbocycles. The summed E-state index contributed by atoms with van der Waals surface area (Å²) in [5, 5.41) is 2.00. The lowest BCUT2D eigenvalue weighted by atomic mass is 9.98. The molecular weight excluding hydrogens is 322 g/mol. The van der Waals surface area contributed by atoms with Gasteiger partial charge in [0.05, 0.1) is 19.2 Å². The van der Waals surface area contributed by atoms with Gasteiger partial charge in [-0.2, -0.15) is 0 Å². The molecule has 2 heterocycles. The van der Waals surface area contributed by atoms with Crippen molar-refractivity contribution < 1.29 is 4.21 Å². The molecule has 1 aromatic heterocycles. The molecular formula is C10H14BrN3OS2. The quantitative estimate of drug-likeness (QED) is 0.793. The van der Waals surface area contributed by atoms with Crippen molar-refractivity contribution in [3.63, 3.8) is 0 Å². The predicted octanol–water partition coefficient (Wildman–Crippen LogP) is 1.62. The van der Waals surface area contributed by atoms with Crippen molar-refractivity contribution in [1.29, 1.82) is 0 Å². The van der Waals surface area contributed by atoms with E-state index in [9.17, 15) is 4.21 Å². The van der Waals surface area contributed by atoms with Gasteiger partial charge in [0.15, 0.2) is 0 Å². The van der Waals surface area contributed by atoms with Crippen molar-refractivity contribution in [2.75, 3.05) is 12.8 Å². The van der Waals surface area contributed by atoms with E-state index in [1.165, 1.54) is 4.31 Å². The highest BCUT2D eigenvalue weighted by Gasteiger charge is 2.37. The fourth-order valence-electron chi connectivity index (χ4n) is 1.80. The normalized spacial score (nSPS) is 33.6. The molecule has 1 aromatic rings. The maximum atomic E-state index is 12.4. The molecule has 1 unspecified atom stereocenters. The zero-order valence-corrected chi connectivity index (χ0v) is 12.9. The van der Waals surface area contributed by atoms with Crippen LogP contribution in [-0.2, 0) is 15.2 Å². The predicted molar refractivity (Wildman–Crippen MR) is 78.9 cm³/mol. The molecule has 2 rings (SSSR count). The van der Waals surface area contributed by atoms with Crippen LogP contribution in [0.3, 0.4) is 0 Å². The Bertz CT molecular complexity index is 578. The molecule has 2 N–H and O–H groups in total. The Labute approximate surface area is 114 Å². The van der Waals surface area contributed by atoms with Crippen LogP contribution in [0.4, 0.5) is 0 Å². The topological polar surface area (TPSA) is 58.7 Å². The molecule has 0 saturated heterocycles. The van der Waals surface area contributed by atoms with Crippen LogP contribution in [0.5, 0.6) is 0 Å². The highest BCUT2D eigenvalue weighted by atomic mass is 79.9. The molecule has 2 atom stereocenters. The summed E-state index contributed by atoms with van der Waals surface area (Å²) < 4.78 is 14.9. The lowest BCUT2D eigenvalue weighted by Gasteiger charge is -2.36. The first kappa shape index (κ1) is 12.9. The SMILES string of the molecule is C=S1(=O)C[C@@](C)(c2csc(Br)c2)N=C(N)N1C. The minimum atomic E-state index is -2.39. The fraction of sp³-hybridized carbons (Fsp3) is 0.400. The van der Waals surface area contributed by atoms with E-state index >= 15 is 0 Å². The van der Waals surface area contributed by atoms with E-state index in [1.807, 2.05) is 18.4 Å². The summed E-state index contributed by atoms with van der Waals surface area (Å²) >= 11 is 5.00. The van der Waals surface area contributed by atoms with Crippen LogP contribution < -0.4 is 5.73 Å². The molecule has 0 fully saturated rings. The monoisotopic (exact) mass is 335 g/mol. The maximum Gasteiger partial charge on any atom is 0.203 e. The Kier molecular flexibility index (Phi) is 3.04. The van der Waals surface area contributed by atoms with E-state index in [4.69, 9.17) is 5.73 Å². The Morgan fingerprint density at radius 2 is 2.41 bits per heavy atom. The van der Waals surface area contributed by atoms with E-state index in [0.717, 1.165) is 9.35 Å². The Hall–Kier alpha value is -0.530. The van der Waals surface area contributed by atoms with Crippen LogP contribution in [0, 0.1) is 0 Å². The molecule has 17 heavy (non-hydrogen) atoms. The fourth-order valence-corrected chi connectivity index (χ4v) is 4.77. The Morgan fingerprint density at radius 3 is 2.88 bits per heavy atom. The number of hydrogen-bond acceptors (Lipinski definition) is 4. The summed E-state index contributed by atoms with van der Waals surface area (Å²) in [6, 6.07) is 1.99.